The molecule has 1 aromatic heterocycles. The maximum atomic E-state index is 5.44. The fourth-order valence-corrected chi connectivity index (χ4v) is 2.37. The zero-order valence-corrected chi connectivity index (χ0v) is 9.64. The van der Waals surface area contributed by atoms with Crippen molar-refractivity contribution in [1.82, 2.24) is 10.2 Å². The number of hydrogen-bond donors (Lipinski definition) is 0. The summed E-state index contributed by atoms with van der Waals surface area (Å²) in [5, 5.41) is 8.89. The summed E-state index contributed by atoms with van der Waals surface area (Å²) in [5.74, 6) is 0. The molecular weight excluding hydrogens is 254 g/mol. The maximum Gasteiger partial charge on any atom is 0.209 e. The lowest BCUT2D eigenvalue weighted by Gasteiger charge is -2.38. The molecular formula is C7H10BrN3OS. The fourth-order valence-electron chi connectivity index (χ4n) is 1.26. The molecule has 0 spiro atoms. The number of aromatic nitrogens is 2. The molecule has 0 bridgehead atoms. The van der Waals surface area contributed by atoms with Crippen molar-refractivity contribution in [2.45, 2.75) is 13.0 Å². The van der Waals surface area contributed by atoms with E-state index >= 15 is 0 Å². The van der Waals surface area contributed by atoms with Crippen LogP contribution in [0.25, 0.3) is 0 Å². The summed E-state index contributed by atoms with van der Waals surface area (Å²) >= 11 is 4.84. The average Bonchev–Trinajstić information content (AvgIpc) is 2.43. The number of rotatable bonds is 3. The van der Waals surface area contributed by atoms with Crippen LogP contribution in [0.5, 0.6) is 0 Å². The predicted molar refractivity (Wildman–Crippen MR) is 55.2 cm³/mol. The van der Waals surface area contributed by atoms with Crippen LogP contribution in [0.1, 0.15) is 6.92 Å². The van der Waals surface area contributed by atoms with Gasteiger partial charge in [-0.1, -0.05) is 11.3 Å². The van der Waals surface area contributed by atoms with Gasteiger partial charge in [0.25, 0.3) is 0 Å². The highest BCUT2D eigenvalue weighted by Crippen LogP contribution is 2.28. The minimum absolute atomic E-state index is 0.382. The van der Waals surface area contributed by atoms with E-state index in [2.05, 4.69) is 31.0 Å². The first-order valence-corrected chi connectivity index (χ1v) is 5.76. The van der Waals surface area contributed by atoms with E-state index in [1.165, 1.54) is 0 Å². The Morgan fingerprint density at radius 3 is 2.92 bits per heavy atom. The first-order valence-electron chi connectivity index (χ1n) is 4.15. The SMILES string of the molecule is CCOC1CN(c2nnc(Br)s2)C1. The Hall–Kier alpha value is -0.200. The number of ether oxygens (including phenoxy) is 1. The number of anilines is 1. The van der Waals surface area contributed by atoms with Gasteiger partial charge >= 0.3 is 0 Å². The first-order chi connectivity index (χ1) is 6.29. The minimum atomic E-state index is 0.382. The standard InChI is InChI=1S/C7H10BrN3OS/c1-2-12-5-3-11(4-5)7-10-9-6(8)13-7/h5H,2-4H2,1H3. The summed E-state index contributed by atoms with van der Waals surface area (Å²) in [5.41, 5.74) is 0. The van der Waals surface area contributed by atoms with Crippen molar-refractivity contribution in [1.29, 1.82) is 0 Å². The molecule has 0 amide bonds. The van der Waals surface area contributed by atoms with Crippen molar-refractivity contribution < 1.29 is 4.74 Å². The summed E-state index contributed by atoms with van der Waals surface area (Å²) in [4.78, 5) is 2.17. The van der Waals surface area contributed by atoms with Gasteiger partial charge in [0.1, 0.15) is 0 Å². The van der Waals surface area contributed by atoms with Crippen LogP contribution in [0.4, 0.5) is 5.13 Å². The van der Waals surface area contributed by atoms with E-state index in [1.807, 2.05) is 6.92 Å². The van der Waals surface area contributed by atoms with Gasteiger partial charge in [-0.2, -0.15) is 0 Å². The molecule has 0 atom stereocenters. The zero-order chi connectivity index (χ0) is 9.26. The van der Waals surface area contributed by atoms with Crippen molar-refractivity contribution in [2.75, 3.05) is 24.6 Å². The molecule has 1 aliphatic heterocycles. The Morgan fingerprint density at radius 1 is 1.62 bits per heavy atom. The second kappa shape index (κ2) is 3.89. The van der Waals surface area contributed by atoms with Crippen LogP contribution in [0.3, 0.4) is 0 Å². The second-order valence-electron chi connectivity index (χ2n) is 2.82. The lowest BCUT2D eigenvalue weighted by atomic mass is 10.2. The molecule has 1 aliphatic rings. The van der Waals surface area contributed by atoms with Crippen molar-refractivity contribution in [3.63, 3.8) is 0 Å². The molecule has 0 aliphatic carbocycles. The number of nitrogens with zero attached hydrogens (tertiary/aromatic N) is 3. The van der Waals surface area contributed by atoms with Crippen molar-refractivity contribution in [3.05, 3.63) is 3.92 Å². The summed E-state index contributed by atoms with van der Waals surface area (Å²) in [6.45, 7) is 4.69. The molecule has 0 saturated carbocycles. The Bertz CT molecular complexity index is 287. The lowest BCUT2D eigenvalue weighted by molar-refractivity contribution is 0.0430. The molecule has 13 heavy (non-hydrogen) atoms. The van der Waals surface area contributed by atoms with Gasteiger partial charge in [-0.25, -0.2) is 0 Å². The molecule has 0 radical (unpaired) electrons. The predicted octanol–water partition coefficient (Wildman–Crippen LogP) is 1.53. The molecule has 72 valence electrons. The molecule has 2 heterocycles. The fraction of sp³-hybridized carbons (Fsp3) is 0.714. The van der Waals surface area contributed by atoms with E-state index < -0.39 is 0 Å². The van der Waals surface area contributed by atoms with Crippen LogP contribution in [-0.2, 0) is 4.74 Å². The summed E-state index contributed by atoms with van der Waals surface area (Å²) in [7, 11) is 0. The maximum absolute atomic E-state index is 5.44. The molecule has 1 fully saturated rings. The molecule has 1 saturated heterocycles. The lowest BCUT2D eigenvalue weighted by Crippen LogP contribution is -2.52. The van der Waals surface area contributed by atoms with Gasteiger partial charge < -0.3 is 9.64 Å². The third-order valence-electron chi connectivity index (χ3n) is 1.91. The summed E-state index contributed by atoms with van der Waals surface area (Å²) < 4.78 is 6.27. The van der Waals surface area contributed by atoms with Gasteiger partial charge in [0.2, 0.25) is 5.13 Å². The highest BCUT2D eigenvalue weighted by molar-refractivity contribution is 9.11. The Balaban J connectivity index is 1.86. The highest BCUT2D eigenvalue weighted by atomic mass is 79.9. The molecule has 0 unspecified atom stereocenters. The number of hydrogen-bond acceptors (Lipinski definition) is 5. The van der Waals surface area contributed by atoms with Crippen LogP contribution >= 0.6 is 27.3 Å². The average molecular weight is 264 g/mol. The van der Waals surface area contributed by atoms with Gasteiger partial charge in [-0.3, -0.25) is 0 Å². The minimum Gasteiger partial charge on any atom is -0.375 e. The van der Waals surface area contributed by atoms with E-state index in [0.717, 1.165) is 28.7 Å². The highest BCUT2D eigenvalue weighted by Gasteiger charge is 2.29. The van der Waals surface area contributed by atoms with Crippen LogP contribution in [0, 0.1) is 0 Å². The molecule has 6 heteroatoms. The molecule has 4 nitrogen and oxygen atoms in total. The van der Waals surface area contributed by atoms with Crippen LogP contribution in [0.15, 0.2) is 3.92 Å². The van der Waals surface area contributed by atoms with Crippen LogP contribution in [0.2, 0.25) is 0 Å². The van der Waals surface area contributed by atoms with E-state index in [1.54, 1.807) is 11.3 Å². The topological polar surface area (TPSA) is 38.2 Å². The largest absolute Gasteiger partial charge is 0.375 e. The van der Waals surface area contributed by atoms with Gasteiger partial charge in [0, 0.05) is 19.7 Å². The Morgan fingerprint density at radius 2 is 2.38 bits per heavy atom. The smallest absolute Gasteiger partial charge is 0.209 e. The van der Waals surface area contributed by atoms with Gasteiger partial charge in [-0.15, -0.1) is 10.2 Å². The van der Waals surface area contributed by atoms with E-state index in [4.69, 9.17) is 4.74 Å². The third-order valence-corrected chi connectivity index (χ3v) is 3.33. The van der Waals surface area contributed by atoms with E-state index in [-0.39, 0.29) is 0 Å². The van der Waals surface area contributed by atoms with Gasteiger partial charge in [0.05, 0.1) is 6.10 Å². The van der Waals surface area contributed by atoms with E-state index in [0.29, 0.717) is 6.10 Å². The molecule has 0 N–H and O–H groups in total. The second-order valence-corrected chi connectivity index (χ2v) is 5.05. The van der Waals surface area contributed by atoms with Crippen LogP contribution < -0.4 is 4.90 Å². The monoisotopic (exact) mass is 263 g/mol. The van der Waals surface area contributed by atoms with Crippen molar-refractivity contribution in [2.24, 2.45) is 0 Å². The zero-order valence-electron chi connectivity index (χ0n) is 7.23. The normalized spacial score (nSPS) is 17.5. The molecule has 2 rings (SSSR count). The van der Waals surface area contributed by atoms with Crippen molar-refractivity contribution in [3.8, 4) is 0 Å². The Kier molecular flexibility index (Phi) is 2.80. The van der Waals surface area contributed by atoms with Gasteiger partial charge in [-0.05, 0) is 22.9 Å². The van der Waals surface area contributed by atoms with Crippen LogP contribution in [-0.4, -0.2) is 36.0 Å². The first kappa shape index (κ1) is 9.36. The number of halogens is 1. The summed E-state index contributed by atoms with van der Waals surface area (Å²) in [6.07, 6.45) is 0.382. The van der Waals surface area contributed by atoms with Crippen molar-refractivity contribution >= 4 is 32.4 Å². The molecule has 0 aromatic carbocycles. The van der Waals surface area contributed by atoms with Gasteiger partial charge in [0.15, 0.2) is 3.92 Å². The third kappa shape index (κ3) is 2.00. The quantitative estimate of drug-likeness (QED) is 0.829. The molecule has 1 aromatic rings. The summed E-state index contributed by atoms with van der Waals surface area (Å²) in [6, 6.07) is 0. The van der Waals surface area contributed by atoms with E-state index in [9.17, 15) is 0 Å². The Labute approximate surface area is 89.0 Å².